The summed E-state index contributed by atoms with van der Waals surface area (Å²) in [5.74, 6) is 0.695. The average Bonchev–Trinajstić information content (AvgIpc) is 2.97. The van der Waals surface area contributed by atoms with Crippen LogP contribution in [-0.2, 0) is 13.1 Å². The Morgan fingerprint density at radius 2 is 2.25 bits per heavy atom. The number of phenols is 1. The van der Waals surface area contributed by atoms with Gasteiger partial charge in [-0.15, -0.1) is 0 Å². The number of nitrogens with zero attached hydrogens (tertiary/aromatic N) is 2. The molecule has 1 aromatic carbocycles. The largest absolute Gasteiger partial charge is 0.504 e. The molecule has 108 valence electrons. The summed E-state index contributed by atoms with van der Waals surface area (Å²) in [7, 11) is 1.56. The maximum atomic E-state index is 9.51. The summed E-state index contributed by atoms with van der Waals surface area (Å²) in [6.07, 6.45) is 7.87. The zero-order valence-electron chi connectivity index (χ0n) is 11.7. The molecule has 1 aromatic heterocycles. The molecule has 0 unspecified atom stereocenters. The molecule has 2 rings (SSSR count). The third-order valence-electron chi connectivity index (χ3n) is 3.15. The van der Waals surface area contributed by atoms with Crippen molar-refractivity contribution < 1.29 is 9.84 Å². The molecule has 1 heterocycles. The lowest BCUT2D eigenvalue weighted by molar-refractivity contribution is 0.372. The molecule has 20 heavy (non-hydrogen) atoms. The first kappa shape index (κ1) is 14.4. The Balaban J connectivity index is 1.63. The highest BCUT2D eigenvalue weighted by atomic mass is 16.5. The van der Waals surface area contributed by atoms with E-state index in [9.17, 15) is 5.11 Å². The zero-order chi connectivity index (χ0) is 14.2. The first-order valence-electron chi connectivity index (χ1n) is 6.82. The second-order valence-electron chi connectivity index (χ2n) is 4.69. The van der Waals surface area contributed by atoms with Crippen molar-refractivity contribution in [3.63, 3.8) is 0 Å². The summed E-state index contributed by atoms with van der Waals surface area (Å²) < 4.78 is 7.17. The van der Waals surface area contributed by atoms with Crippen LogP contribution in [-0.4, -0.2) is 28.3 Å². The molecule has 2 N–H and O–H groups in total. The first-order valence-corrected chi connectivity index (χ1v) is 6.82. The monoisotopic (exact) mass is 275 g/mol. The molecule has 0 amide bonds. The van der Waals surface area contributed by atoms with E-state index in [1.165, 1.54) is 0 Å². The maximum absolute atomic E-state index is 9.51. The standard InChI is InChI=1S/C15H21N3O2/c1-20-15-10-13(4-5-14(15)19)11-16-6-2-3-8-18-9-7-17-12-18/h4-5,7,9-10,12,16,19H,2-3,6,8,11H2,1H3. The van der Waals surface area contributed by atoms with Crippen LogP contribution in [0.5, 0.6) is 11.5 Å². The lowest BCUT2D eigenvalue weighted by Gasteiger charge is -2.08. The fourth-order valence-electron chi connectivity index (χ4n) is 2.03. The second kappa shape index (κ2) is 7.55. The molecule has 5 nitrogen and oxygen atoms in total. The number of nitrogens with one attached hydrogen (secondary N) is 1. The Bertz CT molecular complexity index is 512. The van der Waals surface area contributed by atoms with Gasteiger partial charge in [0.2, 0.25) is 0 Å². The Hall–Kier alpha value is -2.01. The highest BCUT2D eigenvalue weighted by Gasteiger charge is 2.02. The molecule has 5 heteroatoms. The van der Waals surface area contributed by atoms with Crippen molar-refractivity contribution in [1.29, 1.82) is 0 Å². The van der Waals surface area contributed by atoms with E-state index in [-0.39, 0.29) is 5.75 Å². The molecule has 0 spiro atoms. The minimum atomic E-state index is 0.177. The van der Waals surface area contributed by atoms with E-state index >= 15 is 0 Å². The smallest absolute Gasteiger partial charge is 0.160 e. The van der Waals surface area contributed by atoms with Crippen LogP contribution in [0.2, 0.25) is 0 Å². The Kier molecular flexibility index (Phi) is 5.43. The van der Waals surface area contributed by atoms with E-state index in [2.05, 4.69) is 14.9 Å². The topological polar surface area (TPSA) is 59.3 Å². The van der Waals surface area contributed by atoms with E-state index < -0.39 is 0 Å². The van der Waals surface area contributed by atoms with Gasteiger partial charge in [0.05, 0.1) is 13.4 Å². The highest BCUT2D eigenvalue weighted by molar-refractivity contribution is 5.41. The molecule has 0 fully saturated rings. The van der Waals surface area contributed by atoms with Crippen LogP contribution >= 0.6 is 0 Å². The van der Waals surface area contributed by atoms with Gasteiger partial charge in [-0.05, 0) is 37.1 Å². The quantitative estimate of drug-likeness (QED) is 0.725. The summed E-state index contributed by atoms with van der Waals surface area (Å²) in [5, 5.41) is 12.9. The number of aromatic nitrogens is 2. The number of aromatic hydroxyl groups is 1. The number of aryl methyl sites for hydroxylation is 1. The lowest BCUT2D eigenvalue weighted by Crippen LogP contribution is -2.15. The van der Waals surface area contributed by atoms with Crippen molar-refractivity contribution in [2.75, 3.05) is 13.7 Å². The highest BCUT2D eigenvalue weighted by Crippen LogP contribution is 2.26. The van der Waals surface area contributed by atoms with Crippen LogP contribution in [0, 0.1) is 0 Å². The molecule has 0 saturated carbocycles. The van der Waals surface area contributed by atoms with Crippen LogP contribution in [0.15, 0.2) is 36.9 Å². The number of rotatable bonds is 8. The number of imidazole rings is 1. The molecule has 0 saturated heterocycles. The number of phenolic OH excluding ortho intramolecular Hbond substituents is 1. The summed E-state index contributed by atoms with van der Waals surface area (Å²) >= 11 is 0. The van der Waals surface area contributed by atoms with E-state index in [4.69, 9.17) is 4.74 Å². The number of hydrogen-bond donors (Lipinski definition) is 2. The number of hydrogen-bond acceptors (Lipinski definition) is 4. The van der Waals surface area contributed by atoms with Gasteiger partial charge < -0.3 is 19.7 Å². The fraction of sp³-hybridized carbons (Fsp3) is 0.400. The summed E-state index contributed by atoms with van der Waals surface area (Å²) in [6, 6.07) is 5.42. The van der Waals surface area contributed by atoms with Crippen molar-refractivity contribution in [1.82, 2.24) is 14.9 Å². The summed E-state index contributed by atoms with van der Waals surface area (Å²) in [5.41, 5.74) is 1.11. The van der Waals surface area contributed by atoms with E-state index in [0.29, 0.717) is 5.75 Å². The van der Waals surface area contributed by atoms with Gasteiger partial charge in [0.1, 0.15) is 0 Å². The van der Waals surface area contributed by atoms with Gasteiger partial charge in [-0.3, -0.25) is 0 Å². The van der Waals surface area contributed by atoms with E-state index in [1.54, 1.807) is 19.4 Å². The SMILES string of the molecule is COc1cc(CNCCCCn2ccnc2)ccc1O. The second-order valence-corrected chi connectivity index (χ2v) is 4.69. The summed E-state index contributed by atoms with van der Waals surface area (Å²) in [4.78, 5) is 4.02. The predicted octanol–water partition coefficient (Wildman–Crippen LogP) is 2.17. The Labute approximate surface area is 119 Å². The Morgan fingerprint density at radius 1 is 1.35 bits per heavy atom. The third-order valence-corrected chi connectivity index (χ3v) is 3.15. The van der Waals surface area contributed by atoms with Gasteiger partial charge in [0.25, 0.3) is 0 Å². The third kappa shape index (κ3) is 4.28. The van der Waals surface area contributed by atoms with Crippen LogP contribution in [0.1, 0.15) is 18.4 Å². The van der Waals surface area contributed by atoms with Crippen molar-refractivity contribution in [3.05, 3.63) is 42.5 Å². The van der Waals surface area contributed by atoms with Crippen LogP contribution < -0.4 is 10.1 Å². The first-order chi connectivity index (χ1) is 9.79. The average molecular weight is 275 g/mol. The molecule has 0 radical (unpaired) electrons. The molecular weight excluding hydrogens is 254 g/mol. The number of unbranched alkanes of at least 4 members (excludes halogenated alkanes) is 1. The molecule has 0 bridgehead atoms. The van der Waals surface area contributed by atoms with Gasteiger partial charge >= 0.3 is 0 Å². The normalized spacial score (nSPS) is 10.7. The number of ether oxygens (including phenoxy) is 1. The maximum Gasteiger partial charge on any atom is 0.160 e. The van der Waals surface area contributed by atoms with Crippen LogP contribution in [0.4, 0.5) is 0 Å². The minimum absolute atomic E-state index is 0.177. The van der Waals surface area contributed by atoms with Gasteiger partial charge in [0.15, 0.2) is 11.5 Å². The van der Waals surface area contributed by atoms with Crippen LogP contribution in [0.3, 0.4) is 0 Å². The van der Waals surface area contributed by atoms with Gasteiger partial charge in [-0.2, -0.15) is 0 Å². The minimum Gasteiger partial charge on any atom is -0.504 e. The van der Waals surface area contributed by atoms with Gasteiger partial charge in [-0.25, -0.2) is 4.98 Å². The van der Waals surface area contributed by atoms with Crippen molar-refractivity contribution in [2.45, 2.75) is 25.9 Å². The van der Waals surface area contributed by atoms with Crippen molar-refractivity contribution in [2.24, 2.45) is 0 Å². The van der Waals surface area contributed by atoms with E-state index in [1.807, 2.05) is 24.7 Å². The number of methoxy groups -OCH3 is 1. The molecule has 0 aliphatic heterocycles. The molecule has 0 atom stereocenters. The van der Waals surface area contributed by atoms with E-state index in [0.717, 1.165) is 38.0 Å². The fourth-order valence-corrected chi connectivity index (χ4v) is 2.03. The van der Waals surface area contributed by atoms with Crippen molar-refractivity contribution >= 4 is 0 Å². The summed E-state index contributed by atoms with van der Waals surface area (Å²) in [6.45, 7) is 2.76. The lowest BCUT2D eigenvalue weighted by atomic mass is 10.2. The van der Waals surface area contributed by atoms with Crippen LogP contribution in [0.25, 0.3) is 0 Å². The zero-order valence-corrected chi connectivity index (χ0v) is 11.7. The molecule has 0 aliphatic rings. The molecule has 0 aliphatic carbocycles. The Morgan fingerprint density at radius 3 is 3.00 bits per heavy atom. The van der Waals surface area contributed by atoms with Crippen molar-refractivity contribution in [3.8, 4) is 11.5 Å². The van der Waals surface area contributed by atoms with Gasteiger partial charge in [0, 0.05) is 25.5 Å². The predicted molar refractivity (Wildman–Crippen MR) is 77.8 cm³/mol. The molecular formula is C15H21N3O2. The number of benzene rings is 1. The van der Waals surface area contributed by atoms with Gasteiger partial charge in [-0.1, -0.05) is 6.07 Å². The molecule has 2 aromatic rings.